The van der Waals surface area contributed by atoms with E-state index in [4.69, 9.17) is 35.4 Å². The third kappa shape index (κ3) is 2.06. The molecule has 0 spiro atoms. The average molecular weight is 313 g/mol. The quantitative estimate of drug-likeness (QED) is 0.617. The first-order chi connectivity index (χ1) is 9.08. The average Bonchev–Trinajstić information content (AvgIpc) is 2.70. The molecule has 2 nitrogen and oxygen atoms in total. The number of rotatable bonds is 1. The molecule has 2 aromatic carbocycles. The van der Waals surface area contributed by atoms with E-state index in [1.54, 1.807) is 16.7 Å². The van der Waals surface area contributed by atoms with Crippen LogP contribution in [0.1, 0.15) is 0 Å². The van der Waals surface area contributed by atoms with Gasteiger partial charge in [0.1, 0.15) is 5.82 Å². The molecule has 0 aliphatic heterocycles. The number of aromatic amines is 1. The predicted molar refractivity (Wildman–Crippen MR) is 78.4 cm³/mol. The Labute approximate surface area is 123 Å². The van der Waals surface area contributed by atoms with Gasteiger partial charge in [-0.05, 0) is 42.5 Å². The van der Waals surface area contributed by atoms with Gasteiger partial charge in [0.2, 0.25) is 0 Å². The molecule has 96 valence electrons. The van der Waals surface area contributed by atoms with Crippen molar-refractivity contribution in [1.29, 1.82) is 0 Å². The predicted octanol–water partition coefficient (Wildman–Crippen LogP) is 5.13. The second-order valence-electron chi connectivity index (χ2n) is 4.00. The van der Waals surface area contributed by atoms with E-state index in [9.17, 15) is 4.39 Å². The molecule has 0 fully saturated rings. The third-order valence-electron chi connectivity index (χ3n) is 2.82. The minimum atomic E-state index is -0.498. The Morgan fingerprint density at radius 3 is 2.63 bits per heavy atom. The van der Waals surface area contributed by atoms with Gasteiger partial charge in [0.05, 0.1) is 26.8 Å². The summed E-state index contributed by atoms with van der Waals surface area (Å²) in [5.41, 5.74) is 2.09. The summed E-state index contributed by atoms with van der Waals surface area (Å²) in [6, 6.07) is 9.95. The maximum Gasteiger partial charge on any atom is 0.182 e. The molecule has 1 aromatic heterocycles. The van der Waals surface area contributed by atoms with Crippen molar-refractivity contribution in [3.05, 3.63) is 57.0 Å². The summed E-state index contributed by atoms with van der Waals surface area (Å²) < 4.78 is 15.7. The lowest BCUT2D eigenvalue weighted by molar-refractivity contribution is 0.627. The standard InChI is InChI=1S/C13H7Cl2FN2S/c14-8-5-4-7(6-10(8)16)18-12-9(15)2-1-3-11(12)17-13(18)19/h1-6H,(H,17,19). The van der Waals surface area contributed by atoms with E-state index in [0.717, 1.165) is 11.0 Å². The van der Waals surface area contributed by atoms with Crippen LogP contribution >= 0.6 is 35.4 Å². The van der Waals surface area contributed by atoms with Crippen LogP contribution in [-0.4, -0.2) is 9.55 Å². The molecule has 3 aromatic rings. The second-order valence-corrected chi connectivity index (χ2v) is 5.20. The highest BCUT2D eigenvalue weighted by molar-refractivity contribution is 7.71. The molecule has 0 saturated carbocycles. The van der Waals surface area contributed by atoms with E-state index in [2.05, 4.69) is 4.98 Å². The minimum Gasteiger partial charge on any atom is -0.330 e. The van der Waals surface area contributed by atoms with Crippen molar-refractivity contribution in [2.24, 2.45) is 0 Å². The molecule has 19 heavy (non-hydrogen) atoms. The maximum absolute atomic E-state index is 13.6. The minimum absolute atomic E-state index is 0.0706. The first-order valence-corrected chi connectivity index (χ1v) is 6.59. The summed E-state index contributed by atoms with van der Waals surface area (Å²) in [6.45, 7) is 0. The lowest BCUT2D eigenvalue weighted by atomic mass is 10.2. The van der Waals surface area contributed by atoms with Crippen LogP contribution in [0.5, 0.6) is 0 Å². The van der Waals surface area contributed by atoms with Crippen molar-refractivity contribution in [3.63, 3.8) is 0 Å². The number of nitrogens with one attached hydrogen (secondary N) is 1. The molecule has 0 aliphatic carbocycles. The Morgan fingerprint density at radius 2 is 1.89 bits per heavy atom. The molecule has 6 heteroatoms. The normalized spacial score (nSPS) is 11.1. The molecule has 1 heterocycles. The summed E-state index contributed by atoms with van der Waals surface area (Å²) in [4.78, 5) is 3.04. The van der Waals surface area contributed by atoms with Gasteiger partial charge in [0.25, 0.3) is 0 Å². The summed E-state index contributed by atoms with van der Waals surface area (Å²) in [5.74, 6) is -0.498. The zero-order chi connectivity index (χ0) is 13.6. The Morgan fingerprint density at radius 1 is 1.11 bits per heavy atom. The summed E-state index contributed by atoms with van der Waals surface area (Å²) >= 11 is 17.1. The second kappa shape index (κ2) is 4.63. The van der Waals surface area contributed by atoms with E-state index in [-0.39, 0.29) is 5.02 Å². The number of hydrogen-bond acceptors (Lipinski definition) is 1. The Balaban J connectivity index is 2.39. The largest absolute Gasteiger partial charge is 0.330 e. The first kappa shape index (κ1) is 12.7. The number of imidazole rings is 1. The van der Waals surface area contributed by atoms with Gasteiger partial charge in [0, 0.05) is 0 Å². The Hall–Kier alpha value is -1.36. The highest BCUT2D eigenvalue weighted by Gasteiger charge is 2.11. The van der Waals surface area contributed by atoms with Gasteiger partial charge in [-0.15, -0.1) is 0 Å². The van der Waals surface area contributed by atoms with Crippen molar-refractivity contribution < 1.29 is 4.39 Å². The van der Waals surface area contributed by atoms with Gasteiger partial charge in [-0.25, -0.2) is 4.39 Å². The van der Waals surface area contributed by atoms with Crippen LogP contribution in [0, 0.1) is 10.6 Å². The number of benzene rings is 2. The van der Waals surface area contributed by atoms with Crippen LogP contribution in [-0.2, 0) is 0 Å². The topological polar surface area (TPSA) is 20.7 Å². The molecule has 0 saturated heterocycles. The summed E-state index contributed by atoms with van der Waals surface area (Å²) in [6.07, 6.45) is 0. The fourth-order valence-corrected chi connectivity index (χ4v) is 2.67. The van der Waals surface area contributed by atoms with E-state index >= 15 is 0 Å². The molecule has 0 bridgehead atoms. The number of fused-ring (bicyclic) bond motifs is 1. The lowest BCUT2D eigenvalue weighted by Gasteiger charge is -2.06. The van der Waals surface area contributed by atoms with Crippen LogP contribution in [0.25, 0.3) is 16.7 Å². The van der Waals surface area contributed by atoms with Gasteiger partial charge >= 0.3 is 0 Å². The Bertz CT molecular complexity index is 838. The first-order valence-electron chi connectivity index (χ1n) is 5.42. The molecule has 0 atom stereocenters. The number of halogens is 3. The SMILES string of the molecule is Fc1cc(-n2c(=S)[nH]c3cccc(Cl)c32)ccc1Cl. The third-order valence-corrected chi connectivity index (χ3v) is 3.71. The number of H-pyrrole nitrogens is 1. The van der Waals surface area contributed by atoms with Gasteiger partial charge in [-0.1, -0.05) is 29.3 Å². The summed E-state index contributed by atoms with van der Waals surface area (Å²) in [7, 11) is 0. The highest BCUT2D eigenvalue weighted by atomic mass is 35.5. The number of para-hydroxylation sites is 1. The monoisotopic (exact) mass is 312 g/mol. The molecular weight excluding hydrogens is 306 g/mol. The van der Waals surface area contributed by atoms with Crippen LogP contribution in [0.2, 0.25) is 10.0 Å². The van der Waals surface area contributed by atoms with Crippen LogP contribution in [0.15, 0.2) is 36.4 Å². The van der Waals surface area contributed by atoms with Crippen molar-refractivity contribution in [2.75, 3.05) is 0 Å². The Kier molecular flexibility index (Phi) is 3.09. The number of nitrogens with zero attached hydrogens (tertiary/aromatic N) is 1. The summed E-state index contributed by atoms with van der Waals surface area (Å²) in [5, 5.41) is 0.612. The van der Waals surface area contributed by atoms with E-state index in [0.29, 0.717) is 15.5 Å². The molecule has 0 radical (unpaired) electrons. The number of hydrogen-bond donors (Lipinski definition) is 1. The highest BCUT2D eigenvalue weighted by Crippen LogP contribution is 2.27. The van der Waals surface area contributed by atoms with Gasteiger partial charge < -0.3 is 4.98 Å². The molecule has 0 unspecified atom stereocenters. The lowest BCUT2D eigenvalue weighted by Crippen LogP contribution is -1.95. The zero-order valence-corrected chi connectivity index (χ0v) is 11.8. The number of aromatic nitrogens is 2. The molecule has 3 rings (SSSR count). The van der Waals surface area contributed by atoms with Crippen LogP contribution < -0.4 is 0 Å². The van der Waals surface area contributed by atoms with E-state index < -0.39 is 5.82 Å². The van der Waals surface area contributed by atoms with Gasteiger partial charge in [-0.3, -0.25) is 4.57 Å². The van der Waals surface area contributed by atoms with E-state index in [1.807, 2.05) is 12.1 Å². The van der Waals surface area contributed by atoms with Crippen molar-refractivity contribution >= 4 is 46.5 Å². The molecular formula is C13H7Cl2FN2S. The van der Waals surface area contributed by atoms with E-state index in [1.165, 1.54) is 12.1 Å². The molecule has 1 N–H and O–H groups in total. The molecule has 0 aliphatic rings. The van der Waals surface area contributed by atoms with Crippen molar-refractivity contribution in [2.45, 2.75) is 0 Å². The van der Waals surface area contributed by atoms with Crippen LogP contribution in [0.3, 0.4) is 0 Å². The molecule has 0 amide bonds. The van der Waals surface area contributed by atoms with Gasteiger partial charge in [-0.2, -0.15) is 0 Å². The zero-order valence-electron chi connectivity index (χ0n) is 9.45. The van der Waals surface area contributed by atoms with Crippen LogP contribution in [0.4, 0.5) is 4.39 Å². The van der Waals surface area contributed by atoms with Crippen molar-refractivity contribution in [3.8, 4) is 5.69 Å². The fraction of sp³-hybridized carbons (Fsp3) is 0. The smallest absolute Gasteiger partial charge is 0.182 e. The fourth-order valence-electron chi connectivity index (χ4n) is 1.99. The van der Waals surface area contributed by atoms with Crippen molar-refractivity contribution in [1.82, 2.24) is 9.55 Å². The van der Waals surface area contributed by atoms with Gasteiger partial charge in [0.15, 0.2) is 4.77 Å². The maximum atomic E-state index is 13.6.